The Balaban J connectivity index is 1.68. The summed E-state index contributed by atoms with van der Waals surface area (Å²) in [6.07, 6.45) is 9.57. The number of sulfonamides is 1. The molecule has 0 aromatic rings. The summed E-state index contributed by atoms with van der Waals surface area (Å²) in [5.41, 5.74) is 0. The lowest BCUT2D eigenvalue weighted by atomic mass is 9.89. The topological polar surface area (TPSA) is 49.4 Å². The first-order valence-corrected chi connectivity index (χ1v) is 9.94. The predicted octanol–water partition coefficient (Wildman–Crippen LogP) is 2.36. The van der Waals surface area contributed by atoms with Crippen LogP contribution in [0.1, 0.15) is 58.3 Å². The molecule has 0 bridgehead atoms. The van der Waals surface area contributed by atoms with Gasteiger partial charge in [0, 0.05) is 19.1 Å². The van der Waals surface area contributed by atoms with Gasteiger partial charge in [-0.2, -0.15) is 0 Å². The van der Waals surface area contributed by atoms with Crippen LogP contribution in [0.4, 0.5) is 0 Å². The molecule has 0 unspecified atom stereocenters. The van der Waals surface area contributed by atoms with Gasteiger partial charge in [-0.25, -0.2) is 12.7 Å². The zero-order chi connectivity index (χ0) is 14.4. The molecule has 4 nitrogen and oxygen atoms in total. The van der Waals surface area contributed by atoms with Crippen molar-refractivity contribution in [2.24, 2.45) is 5.92 Å². The maximum Gasteiger partial charge on any atom is 0.214 e. The Kier molecular flexibility index (Phi) is 6.30. The minimum absolute atomic E-state index is 0.299. The summed E-state index contributed by atoms with van der Waals surface area (Å²) in [4.78, 5) is 0. The van der Waals surface area contributed by atoms with Crippen LogP contribution in [0.3, 0.4) is 0 Å². The van der Waals surface area contributed by atoms with Crippen LogP contribution in [-0.4, -0.2) is 44.2 Å². The van der Waals surface area contributed by atoms with Gasteiger partial charge in [0.25, 0.3) is 0 Å². The maximum atomic E-state index is 12.0. The lowest BCUT2D eigenvalue weighted by Crippen LogP contribution is -2.46. The van der Waals surface area contributed by atoms with E-state index in [1.807, 2.05) is 6.92 Å². The fourth-order valence-corrected chi connectivity index (χ4v) is 4.99. The molecule has 2 fully saturated rings. The molecule has 0 spiro atoms. The molecule has 1 saturated heterocycles. The van der Waals surface area contributed by atoms with Gasteiger partial charge >= 0.3 is 0 Å². The quantitative estimate of drug-likeness (QED) is 0.819. The van der Waals surface area contributed by atoms with Crippen LogP contribution in [0.5, 0.6) is 0 Å². The molecule has 0 atom stereocenters. The van der Waals surface area contributed by atoms with Crippen LogP contribution in [0.2, 0.25) is 0 Å². The van der Waals surface area contributed by atoms with Crippen molar-refractivity contribution in [3.63, 3.8) is 0 Å². The van der Waals surface area contributed by atoms with E-state index in [2.05, 4.69) is 5.32 Å². The molecule has 0 radical (unpaired) electrons. The number of hydrogen-bond donors (Lipinski definition) is 1. The molecule has 2 aliphatic rings. The molecular weight excluding hydrogens is 272 g/mol. The molecule has 20 heavy (non-hydrogen) atoms. The van der Waals surface area contributed by atoms with E-state index in [-0.39, 0.29) is 0 Å². The molecule has 1 aliphatic carbocycles. The molecule has 5 heteroatoms. The van der Waals surface area contributed by atoms with E-state index < -0.39 is 10.0 Å². The second-order valence-electron chi connectivity index (χ2n) is 6.40. The highest BCUT2D eigenvalue weighted by molar-refractivity contribution is 7.89. The molecule has 1 aliphatic heterocycles. The first-order valence-electron chi connectivity index (χ1n) is 8.33. The maximum absolute atomic E-state index is 12.0. The summed E-state index contributed by atoms with van der Waals surface area (Å²) in [7, 11) is -2.99. The Labute approximate surface area is 124 Å². The third kappa shape index (κ3) is 4.71. The van der Waals surface area contributed by atoms with E-state index in [1.54, 1.807) is 4.31 Å². The first kappa shape index (κ1) is 16.2. The molecule has 0 aromatic carbocycles. The van der Waals surface area contributed by atoms with Gasteiger partial charge in [0.05, 0.1) is 5.75 Å². The van der Waals surface area contributed by atoms with E-state index in [9.17, 15) is 8.42 Å². The minimum atomic E-state index is -2.99. The standard InChI is InChI=1S/C15H30N2O2S/c1-2-12-20(18,19)17-10-8-15(9-11-17)16-13-14-6-4-3-5-7-14/h14-16H,2-13H2,1H3. The number of piperidine rings is 1. The van der Waals surface area contributed by atoms with Gasteiger partial charge in [0.2, 0.25) is 10.0 Å². The van der Waals surface area contributed by atoms with Gasteiger partial charge in [-0.3, -0.25) is 0 Å². The third-order valence-corrected chi connectivity index (χ3v) is 6.81. The summed E-state index contributed by atoms with van der Waals surface area (Å²) in [6, 6.07) is 0.519. The van der Waals surface area contributed by atoms with Crippen LogP contribution in [0.15, 0.2) is 0 Å². The van der Waals surface area contributed by atoms with E-state index in [4.69, 9.17) is 0 Å². The van der Waals surface area contributed by atoms with Crippen LogP contribution in [0.25, 0.3) is 0 Å². The highest BCUT2D eigenvalue weighted by atomic mass is 32.2. The molecular formula is C15H30N2O2S. The highest BCUT2D eigenvalue weighted by Crippen LogP contribution is 2.23. The number of nitrogens with one attached hydrogen (secondary N) is 1. The van der Waals surface area contributed by atoms with E-state index in [1.165, 1.54) is 32.1 Å². The zero-order valence-corrected chi connectivity index (χ0v) is 13.6. The lowest BCUT2D eigenvalue weighted by molar-refractivity contribution is 0.264. The normalized spacial score (nSPS) is 24.1. The lowest BCUT2D eigenvalue weighted by Gasteiger charge is -2.33. The molecule has 0 aromatic heterocycles. The number of rotatable bonds is 6. The van der Waals surface area contributed by atoms with Crippen LogP contribution < -0.4 is 5.32 Å². The third-order valence-electron chi connectivity index (χ3n) is 4.73. The highest BCUT2D eigenvalue weighted by Gasteiger charge is 2.27. The molecule has 1 N–H and O–H groups in total. The first-order chi connectivity index (χ1) is 9.62. The van der Waals surface area contributed by atoms with E-state index >= 15 is 0 Å². The van der Waals surface area contributed by atoms with Gasteiger partial charge < -0.3 is 5.32 Å². The van der Waals surface area contributed by atoms with Gasteiger partial charge in [-0.1, -0.05) is 26.2 Å². The van der Waals surface area contributed by atoms with Crippen molar-refractivity contribution in [2.45, 2.75) is 64.3 Å². The fraction of sp³-hybridized carbons (Fsp3) is 1.00. The van der Waals surface area contributed by atoms with E-state index in [0.717, 1.165) is 25.3 Å². The van der Waals surface area contributed by atoms with Gasteiger partial charge in [0.1, 0.15) is 0 Å². The molecule has 1 saturated carbocycles. The Morgan fingerprint density at radius 2 is 1.70 bits per heavy atom. The van der Waals surface area contributed by atoms with Gasteiger partial charge in [-0.05, 0) is 44.6 Å². The zero-order valence-electron chi connectivity index (χ0n) is 12.8. The summed E-state index contributed by atoms with van der Waals surface area (Å²) in [5, 5.41) is 3.67. The van der Waals surface area contributed by atoms with Crippen molar-refractivity contribution in [1.82, 2.24) is 9.62 Å². The van der Waals surface area contributed by atoms with Crippen molar-refractivity contribution >= 4 is 10.0 Å². The van der Waals surface area contributed by atoms with Gasteiger partial charge in [-0.15, -0.1) is 0 Å². The molecule has 118 valence electrons. The number of hydrogen-bond acceptors (Lipinski definition) is 3. The Bertz CT molecular complexity index is 369. The summed E-state index contributed by atoms with van der Waals surface area (Å²) < 4.78 is 25.7. The smallest absolute Gasteiger partial charge is 0.214 e. The average Bonchev–Trinajstić information content (AvgIpc) is 2.47. The van der Waals surface area contributed by atoms with Crippen molar-refractivity contribution in [3.05, 3.63) is 0 Å². The van der Waals surface area contributed by atoms with Crippen molar-refractivity contribution in [1.29, 1.82) is 0 Å². The SMILES string of the molecule is CCCS(=O)(=O)N1CCC(NCC2CCCCC2)CC1. The molecule has 1 heterocycles. The Morgan fingerprint density at radius 1 is 1.05 bits per heavy atom. The van der Waals surface area contributed by atoms with Crippen molar-refractivity contribution < 1.29 is 8.42 Å². The summed E-state index contributed by atoms with van der Waals surface area (Å²) in [6.45, 7) is 4.46. The Morgan fingerprint density at radius 3 is 2.30 bits per heavy atom. The number of nitrogens with zero attached hydrogens (tertiary/aromatic N) is 1. The second kappa shape index (κ2) is 7.76. The summed E-state index contributed by atoms with van der Waals surface area (Å²) in [5.74, 6) is 1.15. The van der Waals surface area contributed by atoms with Crippen LogP contribution in [-0.2, 0) is 10.0 Å². The van der Waals surface area contributed by atoms with Crippen LogP contribution in [0, 0.1) is 5.92 Å². The molecule has 2 rings (SSSR count). The monoisotopic (exact) mass is 302 g/mol. The van der Waals surface area contributed by atoms with Crippen LogP contribution >= 0.6 is 0 Å². The second-order valence-corrected chi connectivity index (χ2v) is 8.49. The minimum Gasteiger partial charge on any atom is -0.314 e. The van der Waals surface area contributed by atoms with Crippen molar-refractivity contribution in [2.75, 3.05) is 25.4 Å². The Hall–Kier alpha value is -0.130. The fourth-order valence-electron chi connectivity index (χ4n) is 3.45. The summed E-state index contributed by atoms with van der Waals surface area (Å²) >= 11 is 0. The van der Waals surface area contributed by atoms with E-state index in [0.29, 0.717) is 31.3 Å². The van der Waals surface area contributed by atoms with Crippen molar-refractivity contribution in [3.8, 4) is 0 Å². The molecule has 0 amide bonds. The van der Waals surface area contributed by atoms with Gasteiger partial charge in [0.15, 0.2) is 0 Å². The predicted molar refractivity (Wildman–Crippen MR) is 83.3 cm³/mol. The average molecular weight is 302 g/mol. The largest absolute Gasteiger partial charge is 0.314 e.